The number of aryl methyl sites for hydroxylation is 1. The molecule has 3 rings (SSSR count). The van der Waals surface area contributed by atoms with Gasteiger partial charge in [0.15, 0.2) is 5.96 Å². The molecule has 1 aliphatic rings. The van der Waals surface area contributed by atoms with E-state index in [1.54, 1.807) is 0 Å². The van der Waals surface area contributed by atoms with Crippen LogP contribution in [0.3, 0.4) is 0 Å². The summed E-state index contributed by atoms with van der Waals surface area (Å²) in [5.74, 6) is 0.487. The predicted molar refractivity (Wildman–Crippen MR) is 88.6 cm³/mol. The molecule has 0 heterocycles. The molecule has 2 aromatic carbocycles. The van der Waals surface area contributed by atoms with Gasteiger partial charge in [0.05, 0.1) is 6.54 Å². The number of guanidine groups is 1. The smallest absolute Gasteiger partial charge is 0.193 e. The van der Waals surface area contributed by atoms with Crippen molar-refractivity contribution in [3.8, 4) is 0 Å². The first-order valence-corrected chi connectivity index (χ1v) is 7.37. The molecular formula is C18H21N3. The van der Waals surface area contributed by atoms with Crippen LogP contribution in [0.2, 0.25) is 0 Å². The van der Waals surface area contributed by atoms with E-state index in [2.05, 4.69) is 59.7 Å². The zero-order valence-electron chi connectivity index (χ0n) is 12.3. The van der Waals surface area contributed by atoms with Gasteiger partial charge >= 0.3 is 0 Å². The number of rotatable bonds is 4. The van der Waals surface area contributed by atoms with Crippen LogP contribution < -0.4 is 11.1 Å². The minimum atomic E-state index is 0.209. The third kappa shape index (κ3) is 3.24. The molecule has 3 N–H and O–H groups in total. The highest BCUT2D eigenvalue weighted by Crippen LogP contribution is 2.48. The van der Waals surface area contributed by atoms with E-state index in [1.807, 2.05) is 12.1 Å². The first-order valence-electron chi connectivity index (χ1n) is 7.37. The number of nitrogens with zero attached hydrogens (tertiary/aromatic N) is 1. The summed E-state index contributed by atoms with van der Waals surface area (Å²) in [5, 5.41) is 3.15. The van der Waals surface area contributed by atoms with E-state index >= 15 is 0 Å². The minimum Gasteiger partial charge on any atom is -0.370 e. The van der Waals surface area contributed by atoms with E-state index in [4.69, 9.17) is 5.73 Å². The average molecular weight is 279 g/mol. The number of anilines is 1. The second-order valence-electron chi connectivity index (χ2n) is 5.84. The van der Waals surface area contributed by atoms with Crippen molar-refractivity contribution in [1.29, 1.82) is 0 Å². The summed E-state index contributed by atoms with van der Waals surface area (Å²) in [6, 6.07) is 18.8. The summed E-state index contributed by atoms with van der Waals surface area (Å²) < 4.78 is 0. The van der Waals surface area contributed by atoms with Crippen LogP contribution in [-0.4, -0.2) is 12.5 Å². The van der Waals surface area contributed by atoms with Crippen LogP contribution in [0.15, 0.2) is 59.6 Å². The van der Waals surface area contributed by atoms with Gasteiger partial charge in [0.1, 0.15) is 0 Å². The Morgan fingerprint density at radius 2 is 1.76 bits per heavy atom. The molecule has 0 unspecified atom stereocenters. The van der Waals surface area contributed by atoms with E-state index in [0.29, 0.717) is 5.96 Å². The third-order valence-corrected chi connectivity index (χ3v) is 4.12. The molecule has 3 heteroatoms. The molecule has 1 aliphatic carbocycles. The van der Waals surface area contributed by atoms with Crippen LogP contribution in [-0.2, 0) is 5.41 Å². The molecule has 21 heavy (non-hydrogen) atoms. The number of hydrogen-bond donors (Lipinski definition) is 2. The van der Waals surface area contributed by atoms with Crippen molar-refractivity contribution in [2.24, 2.45) is 10.7 Å². The van der Waals surface area contributed by atoms with Crippen molar-refractivity contribution in [3.05, 3.63) is 65.7 Å². The van der Waals surface area contributed by atoms with Crippen molar-refractivity contribution in [1.82, 2.24) is 0 Å². The Hall–Kier alpha value is -2.29. The van der Waals surface area contributed by atoms with Crippen LogP contribution in [0.25, 0.3) is 0 Å². The first kappa shape index (κ1) is 13.7. The summed E-state index contributed by atoms with van der Waals surface area (Å²) in [6.07, 6.45) is 2.39. The first-order chi connectivity index (χ1) is 10.2. The van der Waals surface area contributed by atoms with Crippen molar-refractivity contribution < 1.29 is 0 Å². The average Bonchev–Trinajstić information content (AvgIpc) is 3.30. The summed E-state index contributed by atoms with van der Waals surface area (Å²) in [5.41, 5.74) is 9.79. The molecule has 0 atom stereocenters. The molecule has 1 fully saturated rings. The summed E-state index contributed by atoms with van der Waals surface area (Å²) in [6.45, 7) is 2.82. The lowest BCUT2D eigenvalue weighted by atomic mass is 9.96. The standard InChI is InChI=1S/C18H21N3/c1-14-7-9-16(10-8-14)21-17(19)20-13-18(11-12-18)15-5-3-2-4-6-15/h2-10H,11-13H2,1H3,(H3,19,20,21). The van der Waals surface area contributed by atoms with E-state index < -0.39 is 0 Å². The molecule has 0 saturated heterocycles. The van der Waals surface area contributed by atoms with Crippen LogP contribution >= 0.6 is 0 Å². The lowest BCUT2D eigenvalue weighted by Crippen LogP contribution is -2.24. The molecule has 2 aromatic rings. The molecule has 108 valence electrons. The van der Waals surface area contributed by atoms with E-state index in [0.717, 1.165) is 12.2 Å². The van der Waals surface area contributed by atoms with Gasteiger partial charge in [0.2, 0.25) is 0 Å². The summed E-state index contributed by atoms with van der Waals surface area (Å²) >= 11 is 0. The van der Waals surface area contributed by atoms with Gasteiger partial charge in [-0.2, -0.15) is 0 Å². The van der Waals surface area contributed by atoms with Crippen molar-refractivity contribution in [2.45, 2.75) is 25.2 Å². The Labute approximate surface area is 125 Å². The Morgan fingerprint density at radius 3 is 2.38 bits per heavy atom. The Morgan fingerprint density at radius 1 is 1.10 bits per heavy atom. The monoisotopic (exact) mass is 279 g/mol. The fourth-order valence-electron chi connectivity index (χ4n) is 2.54. The van der Waals surface area contributed by atoms with Crippen LogP contribution in [0.4, 0.5) is 5.69 Å². The van der Waals surface area contributed by atoms with Crippen molar-refractivity contribution >= 4 is 11.6 Å². The maximum Gasteiger partial charge on any atom is 0.193 e. The topological polar surface area (TPSA) is 50.4 Å². The van der Waals surface area contributed by atoms with E-state index in [-0.39, 0.29) is 5.41 Å². The molecule has 0 aromatic heterocycles. The van der Waals surface area contributed by atoms with Gasteiger partial charge in [-0.15, -0.1) is 0 Å². The lowest BCUT2D eigenvalue weighted by molar-refractivity contribution is 0.705. The van der Waals surface area contributed by atoms with Gasteiger partial charge in [-0.05, 0) is 37.5 Å². The van der Waals surface area contributed by atoms with Gasteiger partial charge < -0.3 is 11.1 Å². The highest BCUT2D eigenvalue weighted by atomic mass is 15.1. The van der Waals surface area contributed by atoms with Gasteiger partial charge in [0.25, 0.3) is 0 Å². The molecule has 0 amide bonds. The second-order valence-corrected chi connectivity index (χ2v) is 5.84. The van der Waals surface area contributed by atoms with Gasteiger partial charge in [-0.3, -0.25) is 4.99 Å². The molecule has 0 bridgehead atoms. The Kier molecular flexibility index (Phi) is 3.65. The Bertz CT molecular complexity index is 625. The SMILES string of the molecule is Cc1ccc(NC(N)=NCC2(c3ccccc3)CC2)cc1. The predicted octanol–water partition coefficient (Wildman–Crippen LogP) is 3.45. The van der Waals surface area contributed by atoms with Crippen LogP contribution in [0, 0.1) is 6.92 Å². The highest BCUT2D eigenvalue weighted by Gasteiger charge is 2.43. The van der Waals surface area contributed by atoms with Crippen molar-refractivity contribution in [3.63, 3.8) is 0 Å². The van der Waals surface area contributed by atoms with Crippen LogP contribution in [0.5, 0.6) is 0 Å². The molecule has 3 nitrogen and oxygen atoms in total. The number of aliphatic imine (C=N–C) groups is 1. The highest BCUT2D eigenvalue weighted by molar-refractivity contribution is 5.92. The van der Waals surface area contributed by atoms with E-state index in [1.165, 1.54) is 24.0 Å². The van der Waals surface area contributed by atoms with Crippen LogP contribution in [0.1, 0.15) is 24.0 Å². The van der Waals surface area contributed by atoms with Gasteiger partial charge in [-0.1, -0.05) is 48.0 Å². The fourth-order valence-corrected chi connectivity index (χ4v) is 2.54. The molecular weight excluding hydrogens is 258 g/mol. The van der Waals surface area contributed by atoms with Crippen molar-refractivity contribution in [2.75, 3.05) is 11.9 Å². The quantitative estimate of drug-likeness (QED) is 0.665. The van der Waals surface area contributed by atoms with Gasteiger partial charge in [-0.25, -0.2) is 0 Å². The third-order valence-electron chi connectivity index (χ3n) is 4.12. The normalized spacial score (nSPS) is 16.5. The zero-order chi connectivity index (χ0) is 14.7. The lowest BCUT2D eigenvalue weighted by Gasteiger charge is -2.13. The van der Waals surface area contributed by atoms with Gasteiger partial charge in [0, 0.05) is 11.1 Å². The summed E-state index contributed by atoms with van der Waals surface area (Å²) in [7, 11) is 0. The Balaban J connectivity index is 1.64. The summed E-state index contributed by atoms with van der Waals surface area (Å²) in [4.78, 5) is 4.54. The molecule has 0 radical (unpaired) electrons. The number of nitrogens with one attached hydrogen (secondary N) is 1. The van der Waals surface area contributed by atoms with E-state index in [9.17, 15) is 0 Å². The maximum absolute atomic E-state index is 6.00. The number of nitrogens with two attached hydrogens (primary N) is 1. The number of benzene rings is 2. The molecule has 0 spiro atoms. The largest absolute Gasteiger partial charge is 0.370 e. The molecule has 1 saturated carbocycles. The maximum atomic E-state index is 6.00. The zero-order valence-corrected chi connectivity index (χ0v) is 12.3. The fraction of sp³-hybridized carbons (Fsp3) is 0.278. The number of hydrogen-bond acceptors (Lipinski definition) is 1. The second kappa shape index (κ2) is 5.60. The minimum absolute atomic E-state index is 0.209. The molecule has 0 aliphatic heterocycles.